The molecule has 9 nitrogen and oxygen atoms in total. The monoisotopic (exact) mass is 297 g/mol. The molecule has 9 heteroatoms. The molecule has 0 unspecified atom stereocenters. The summed E-state index contributed by atoms with van der Waals surface area (Å²) in [5.41, 5.74) is -1.19. The number of hydrogen-bond acceptors (Lipinski definition) is 7. The van der Waals surface area contributed by atoms with Crippen molar-refractivity contribution in [3.05, 3.63) is 32.6 Å². The van der Waals surface area contributed by atoms with E-state index in [4.69, 9.17) is 9.84 Å². The van der Waals surface area contributed by atoms with Crippen molar-refractivity contribution in [2.45, 2.75) is 37.6 Å². The zero-order valence-corrected chi connectivity index (χ0v) is 10.6. The number of aliphatic hydroxyl groups excluding tert-OH is 4. The lowest BCUT2D eigenvalue weighted by atomic mass is 10.5. The first-order chi connectivity index (χ1) is 9.36. The van der Waals surface area contributed by atoms with Crippen LogP contribution < -0.4 is 11.2 Å². The van der Waals surface area contributed by atoms with Crippen molar-refractivity contribution in [2.24, 2.45) is 0 Å². The highest BCUT2D eigenvalue weighted by molar-refractivity contribution is 5.03. The van der Waals surface area contributed by atoms with Crippen molar-refractivity contribution in [3.63, 3.8) is 0 Å². The Hall–Kier alpha value is -1.52. The van der Waals surface area contributed by atoms with Crippen LogP contribution in [0.5, 0.6) is 0 Å². The predicted molar refractivity (Wildman–Crippen MR) is 65.1 cm³/mol. The second-order valence-electron chi connectivity index (χ2n) is 4.70. The third-order valence-electron chi connectivity index (χ3n) is 3.29. The molecular weight excluding hydrogens is 281 g/mol. The first-order valence-electron chi connectivity index (χ1n) is 5.99. The van der Waals surface area contributed by atoms with Gasteiger partial charge in [-0.1, -0.05) is 0 Å². The number of rotatable bonds is 2. The van der Waals surface area contributed by atoms with Crippen LogP contribution in [-0.4, -0.2) is 61.0 Å². The predicted octanol–water partition coefficient (Wildman–Crippen LogP) is -3.18. The average Bonchev–Trinajstić information content (AvgIpc) is 2.41. The fourth-order valence-corrected chi connectivity index (χ4v) is 2.09. The molecule has 1 aliphatic heterocycles. The van der Waals surface area contributed by atoms with Gasteiger partial charge in [0.1, 0.15) is 24.4 Å². The lowest BCUT2D eigenvalue weighted by Crippen LogP contribution is -2.58. The van der Waals surface area contributed by atoms with Gasteiger partial charge < -0.3 is 25.2 Å². The van der Waals surface area contributed by atoms with Crippen molar-refractivity contribution in [1.82, 2.24) is 9.55 Å². The number of aromatic nitrogens is 2. The van der Waals surface area contributed by atoms with E-state index in [2.05, 4.69) is 0 Å². The summed E-state index contributed by atoms with van der Waals surface area (Å²) in [5, 5.41) is 38.3. The Morgan fingerprint density at radius 1 is 1.25 bits per heavy atom. The largest absolute Gasteiger partial charge is 0.394 e. The highest BCUT2D eigenvalue weighted by Gasteiger charge is 2.44. The van der Waals surface area contributed by atoms with Crippen LogP contribution in [0, 0.1) is 6.92 Å². The summed E-state index contributed by atoms with van der Waals surface area (Å²) in [6, 6.07) is 0. The van der Waals surface area contributed by atoms with E-state index in [1.807, 2.05) is 4.98 Å². The van der Waals surface area contributed by atoms with Gasteiger partial charge in [-0.2, -0.15) is 0 Å². The van der Waals surface area contributed by atoms with E-state index in [1.54, 1.807) is 0 Å². The van der Waals surface area contributed by atoms with E-state index >= 15 is 0 Å². The smallest absolute Gasteiger partial charge is 0.330 e. The minimum atomic E-state index is -1.59. The first kappa shape index (κ1) is 14.9. The maximum atomic E-state index is 11.7. The molecule has 0 radical (unpaired) electrons. The minimum absolute atomic E-state index is 0.210. The number of aryl methyl sites for hydroxylation is 1. The van der Waals surface area contributed by atoms with Crippen molar-refractivity contribution >= 4 is 0 Å². The molecule has 20 heavy (non-hydrogen) atoms. The summed E-state index contributed by atoms with van der Waals surface area (Å²) in [7, 11) is 0. The van der Waals surface area contributed by atoms with Gasteiger partial charge in [-0.15, -0.1) is 0 Å². The van der Waals surface area contributed by atoms with Crippen LogP contribution in [0.25, 0.3) is 0 Å². The summed E-state index contributed by atoms with van der Waals surface area (Å²) >= 11 is 0. The quantitative estimate of drug-likeness (QED) is 0.362. The van der Waals surface area contributed by atoms with Crippen LogP contribution >= 0.6 is 0 Å². The summed E-state index contributed by atoms with van der Waals surface area (Å²) in [6.45, 7) is 0.858. The van der Waals surface area contributed by atoms with Crippen LogP contribution in [0.4, 0.5) is 0 Å². The van der Waals surface area contributed by atoms with E-state index < -0.39 is 48.5 Å². The molecule has 0 aliphatic carbocycles. The molecule has 5 atom stereocenters. The van der Waals surface area contributed by atoms with Gasteiger partial charge in [-0.25, -0.2) is 4.79 Å². The molecule has 0 bridgehead atoms. The fourth-order valence-electron chi connectivity index (χ4n) is 2.09. The molecule has 0 aromatic carbocycles. The van der Waals surface area contributed by atoms with Gasteiger partial charge in [0.15, 0.2) is 6.23 Å². The van der Waals surface area contributed by atoms with E-state index in [9.17, 15) is 24.9 Å². The first-order valence-corrected chi connectivity index (χ1v) is 5.99. The Kier molecular flexibility index (Phi) is 4.06. The molecular formula is C11H16N2O7. The van der Waals surface area contributed by atoms with Gasteiger partial charge >= 0.3 is 5.69 Å². The normalized spacial score (nSPS) is 34.1. The van der Waals surface area contributed by atoms with E-state index in [0.717, 1.165) is 4.57 Å². The zero-order valence-electron chi connectivity index (χ0n) is 10.6. The highest BCUT2D eigenvalue weighted by atomic mass is 16.8. The Morgan fingerprint density at radius 2 is 1.90 bits per heavy atom. The van der Waals surface area contributed by atoms with Gasteiger partial charge in [0, 0.05) is 11.8 Å². The Balaban J connectivity index is 2.44. The van der Waals surface area contributed by atoms with Gasteiger partial charge in [0.05, 0.1) is 6.61 Å². The zero-order chi connectivity index (χ0) is 15.0. The van der Waals surface area contributed by atoms with Gasteiger partial charge in [0.2, 0.25) is 0 Å². The second kappa shape index (κ2) is 5.46. The van der Waals surface area contributed by atoms with E-state index in [1.165, 1.54) is 13.1 Å². The van der Waals surface area contributed by atoms with Crippen molar-refractivity contribution in [3.8, 4) is 0 Å². The molecule has 1 aromatic rings. The van der Waals surface area contributed by atoms with Gasteiger partial charge in [0.25, 0.3) is 5.56 Å². The Labute approximate surface area is 112 Å². The highest BCUT2D eigenvalue weighted by Crippen LogP contribution is 2.27. The van der Waals surface area contributed by atoms with Gasteiger partial charge in [-0.05, 0) is 6.92 Å². The van der Waals surface area contributed by atoms with E-state index in [-0.39, 0.29) is 5.56 Å². The average molecular weight is 297 g/mol. The molecule has 1 aromatic heterocycles. The summed E-state index contributed by atoms with van der Waals surface area (Å²) < 4.78 is 6.13. The third kappa shape index (κ3) is 2.41. The molecule has 0 spiro atoms. The molecule has 1 fully saturated rings. The topological polar surface area (TPSA) is 145 Å². The molecule has 1 saturated heterocycles. The standard InChI is InChI=1S/C11H16N2O7/c1-4-2-13(11(19)12-9(4)18)10-8(17)7(16)6(15)5(3-14)20-10/h2,5-8,10,14-17H,3H2,1H3,(H,12,18,19)/t5-,6-,7+,8-,10-/m1/s1/i2+1,3+1,5+1,6+1,7+1,8+1,10+1,12+1,13+1. The molecule has 2 heterocycles. The minimum Gasteiger partial charge on any atom is -0.394 e. The third-order valence-corrected chi connectivity index (χ3v) is 3.29. The van der Waals surface area contributed by atoms with Crippen LogP contribution in [0.3, 0.4) is 0 Å². The number of ether oxygens (including phenoxy) is 1. The number of H-pyrrole nitrogens is 1. The van der Waals surface area contributed by atoms with E-state index in [0.29, 0.717) is 0 Å². The maximum Gasteiger partial charge on any atom is 0.330 e. The van der Waals surface area contributed by atoms with Crippen molar-refractivity contribution in [1.29, 1.82) is 0 Å². The second-order valence-corrected chi connectivity index (χ2v) is 4.70. The fraction of sp³-hybridized carbons (Fsp3) is 0.636. The lowest BCUT2D eigenvalue weighted by Gasteiger charge is -2.40. The van der Waals surface area contributed by atoms with Crippen LogP contribution in [0.1, 0.15) is 11.8 Å². The molecule has 0 saturated carbocycles. The lowest BCUT2D eigenvalue weighted by molar-refractivity contribution is -0.252. The molecule has 5 N–H and O–H groups in total. The Bertz CT molecular complexity index is 593. The van der Waals surface area contributed by atoms with Crippen molar-refractivity contribution < 1.29 is 25.2 Å². The van der Waals surface area contributed by atoms with Crippen LogP contribution in [0.15, 0.2) is 15.8 Å². The summed E-state index contributed by atoms with van der Waals surface area (Å²) in [4.78, 5) is 25.1. The molecule has 1 aliphatic rings. The number of nitrogens with zero attached hydrogens (tertiary/aromatic N) is 1. The number of nitrogens with one attached hydrogen (secondary N) is 1. The number of aliphatic hydroxyl groups is 4. The molecule has 0 amide bonds. The van der Waals surface area contributed by atoms with Gasteiger partial charge in [-0.3, -0.25) is 14.3 Å². The van der Waals surface area contributed by atoms with Crippen molar-refractivity contribution in [2.75, 3.05) is 6.61 Å². The Morgan fingerprint density at radius 3 is 2.50 bits per heavy atom. The van der Waals surface area contributed by atoms with Crippen LogP contribution in [-0.2, 0) is 4.74 Å². The number of aromatic amines is 1. The summed E-state index contributed by atoms with van der Waals surface area (Å²) in [5.74, 6) is 0. The SMILES string of the molecule is Cc1[13cH][15n]([13C@@H]2O[13C@H]([13CH2]O)[13C@@H](O)[13C@H](O)[13C@H]2O)c(=O)[15nH]c1=O. The summed E-state index contributed by atoms with van der Waals surface area (Å²) in [6.07, 6.45) is -5.97. The maximum absolute atomic E-state index is 11.7. The number of hydrogen-bond donors (Lipinski definition) is 5. The van der Waals surface area contributed by atoms with Crippen LogP contribution in [0.2, 0.25) is 0 Å². The molecule has 112 valence electrons. The molecule has 2 rings (SSSR count).